The molecule has 0 saturated heterocycles. The highest BCUT2D eigenvalue weighted by Gasteiger charge is 2.18. The summed E-state index contributed by atoms with van der Waals surface area (Å²) in [6.07, 6.45) is 0.825. The van der Waals surface area contributed by atoms with Crippen LogP contribution in [0.15, 0.2) is 78.2 Å². The first-order valence-corrected chi connectivity index (χ1v) is 10.2. The Bertz CT molecular complexity index is 1070. The lowest BCUT2D eigenvalue weighted by molar-refractivity contribution is 0.414. The summed E-state index contributed by atoms with van der Waals surface area (Å²) in [5, 5.41) is 12.1. The standard InChI is InChI=1S/C24H22N2O2S/c1-28-21-12-8-19(9-13-21)22(23-15-29-24(25)26-23)14-16-2-4-17(5-3-16)18-6-10-20(27)11-7-18/h2-13,15,22,27H,14H2,1H3,(H2,25,26)/t22-/m0/s1. The molecule has 0 aliphatic carbocycles. The van der Waals surface area contributed by atoms with E-state index < -0.39 is 0 Å². The summed E-state index contributed by atoms with van der Waals surface area (Å²) >= 11 is 1.47. The summed E-state index contributed by atoms with van der Waals surface area (Å²) in [5.41, 5.74) is 11.5. The quantitative estimate of drug-likeness (QED) is 0.448. The molecule has 0 fully saturated rings. The molecular weight excluding hydrogens is 380 g/mol. The van der Waals surface area contributed by atoms with Crippen molar-refractivity contribution >= 4 is 16.5 Å². The predicted molar refractivity (Wildman–Crippen MR) is 119 cm³/mol. The zero-order chi connectivity index (χ0) is 20.2. The molecule has 0 spiro atoms. The maximum absolute atomic E-state index is 9.48. The number of rotatable bonds is 6. The Labute approximate surface area is 174 Å². The van der Waals surface area contributed by atoms with Gasteiger partial charge in [0, 0.05) is 11.3 Å². The molecular formula is C24H22N2O2S. The Morgan fingerprint density at radius 1 is 0.931 bits per heavy atom. The highest BCUT2D eigenvalue weighted by Crippen LogP contribution is 2.32. The first kappa shape index (κ1) is 19.0. The maximum Gasteiger partial charge on any atom is 0.180 e. The van der Waals surface area contributed by atoms with E-state index in [1.807, 2.05) is 29.6 Å². The second-order valence-electron chi connectivity index (χ2n) is 6.88. The van der Waals surface area contributed by atoms with E-state index in [2.05, 4.69) is 41.4 Å². The van der Waals surface area contributed by atoms with E-state index in [4.69, 9.17) is 10.5 Å². The van der Waals surface area contributed by atoms with Crippen molar-refractivity contribution in [3.8, 4) is 22.6 Å². The number of methoxy groups -OCH3 is 1. The number of hydrogen-bond acceptors (Lipinski definition) is 5. The SMILES string of the molecule is COc1ccc([C@H](Cc2ccc(-c3ccc(O)cc3)cc2)c2csc(N)n2)cc1. The van der Waals surface area contributed by atoms with Gasteiger partial charge in [-0.15, -0.1) is 11.3 Å². The number of thiazole rings is 1. The van der Waals surface area contributed by atoms with Crippen LogP contribution >= 0.6 is 11.3 Å². The van der Waals surface area contributed by atoms with Crippen LogP contribution in [0.25, 0.3) is 11.1 Å². The Kier molecular flexibility index (Phi) is 5.49. The average molecular weight is 403 g/mol. The monoisotopic (exact) mass is 402 g/mol. The number of aromatic nitrogens is 1. The van der Waals surface area contributed by atoms with Crippen LogP contribution in [-0.4, -0.2) is 17.2 Å². The summed E-state index contributed by atoms with van der Waals surface area (Å²) in [5.74, 6) is 1.23. The van der Waals surface area contributed by atoms with Crippen LogP contribution in [0, 0.1) is 0 Å². The molecule has 0 aliphatic rings. The van der Waals surface area contributed by atoms with E-state index >= 15 is 0 Å². The molecule has 0 amide bonds. The molecule has 5 heteroatoms. The number of anilines is 1. The van der Waals surface area contributed by atoms with Gasteiger partial charge in [0.05, 0.1) is 12.8 Å². The third-order valence-corrected chi connectivity index (χ3v) is 5.70. The van der Waals surface area contributed by atoms with Crippen molar-refractivity contribution in [1.82, 2.24) is 4.98 Å². The summed E-state index contributed by atoms with van der Waals surface area (Å²) in [4.78, 5) is 4.54. The van der Waals surface area contributed by atoms with E-state index in [9.17, 15) is 5.11 Å². The second-order valence-corrected chi connectivity index (χ2v) is 7.77. The van der Waals surface area contributed by atoms with Crippen molar-refractivity contribution in [2.45, 2.75) is 12.3 Å². The van der Waals surface area contributed by atoms with Gasteiger partial charge in [0.2, 0.25) is 0 Å². The second kappa shape index (κ2) is 8.37. The van der Waals surface area contributed by atoms with Crippen molar-refractivity contribution in [3.63, 3.8) is 0 Å². The van der Waals surface area contributed by atoms with Crippen molar-refractivity contribution in [2.75, 3.05) is 12.8 Å². The zero-order valence-corrected chi connectivity index (χ0v) is 16.9. The fourth-order valence-corrected chi connectivity index (χ4v) is 4.03. The molecule has 1 atom stereocenters. The van der Waals surface area contributed by atoms with Gasteiger partial charge in [-0.25, -0.2) is 4.98 Å². The van der Waals surface area contributed by atoms with Gasteiger partial charge in [-0.3, -0.25) is 0 Å². The van der Waals surface area contributed by atoms with E-state index in [0.29, 0.717) is 5.13 Å². The molecule has 3 aromatic carbocycles. The number of benzene rings is 3. The van der Waals surface area contributed by atoms with Gasteiger partial charge in [0.15, 0.2) is 5.13 Å². The molecule has 1 heterocycles. The van der Waals surface area contributed by atoms with Crippen molar-refractivity contribution < 1.29 is 9.84 Å². The Hall–Kier alpha value is -3.31. The third-order valence-electron chi connectivity index (χ3n) is 5.01. The zero-order valence-electron chi connectivity index (χ0n) is 16.1. The Balaban J connectivity index is 1.60. The van der Waals surface area contributed by atoms with E-state index in [0.717, 1.165) is 29.0 Å². The number of phenolic OH excluding ortho intramolecular Hbond substituents is 1. The highest BCUT2D eigenvalue weighted by atomic mass is 32.1. The van der Waals surface area contributed by atoms with Crippen molar-refractivity contribution in [1.29, 1.82) is 0 Å². The summed E-state index contributed by atoms with van der Waals surface area (Å²) < 4.78 is 5.29. The number of nitrogens with two attached hydrogens (primary N) is 1. The summed E-state index contributed by atoms with van der Waals surface area (Å²) in [6, 6.07) is 23.9. The van der Waals surface area contributed by atoms with E-state index in [1.54, 1.807) is 19.2 Å². The fraction of sp³-hybridized carbons (Fsp3) is 0.125. The van der Waals surface area contributed by atoms with Gasteiger partial charge >= 0.3 is 0 Å². The van der Waals surface area contributed by atoms with Crippen molar-refractivity contribution in [3.05, 3.63) is 95.0 Å². The van der Waals surface area contributed by atoms with Crippen LogP contribution in [0.2, 0.25) is 0 Å². The smallest absolute Gasteiger partial charge is 0.180 e. The molecule has 0 unspecified atom stereocenters. The van der Waals surface area contributed by atoms with Gasteiger partial charge < -0.3 is 15.6 Å². The summed E-state index contributed by atoms with van der Waals surface area (Å²) in [7, 11) is 1.67. The van der Waals surface area contributed by atoms with Crippen molar-refractivity contribution in [2.24, 2.45) is 0 Å². The molecule has 4 rings (SSSR count). The van der Waals surface area contributed by atoms with Gasteiger partial charge in [-0.1, -0.05) is 48.5 Å². The largest absolute Gasteiger partial charge is 0.508 e. The van der Waals surface area contributed by atoms with Gasteiger partial charge in [-0.2, -0.15) is 0 Å². The summed E-state index contributed by atoms with van der Waals surface area (Å²) in [6.45, 7) is 0. The molecule has 0 radical (unpaired) electrons. The van der Waals surface area contributed by atoms with Crippen LogP contribution in [0.5, 0.6) is 11.5 Å². The number of phenols is 1. The van der Waals surface area contributed by atoms with Gasteiger partial charge in [-0.05, 0) is 52.9 Å². The number of aromatic hydroxyl groups is 1. The molecule has 146 valence electrons. The minimum Gasteiger partial charge on any atom is -0.508 e. The lowest BCUT2D eigenvalue weighted by Gasteiger charge is -2.16. The van der Waals surface area contributed by atoms with Gasteiger partial charge in [0.25, 0.3) is 0 Å². The van der Waals surface area contributed by atoms with Crippen LogP contribution in [0.4, 0.5) is 5.13 Å². The first-order chi connectivity index (χ1) is 14.1. The molecule has 4 aromatic rings. The predicted octanol–water partition coefficient (Wildman–Crippen LogP) is 5.48. The lowest BCUT2D eigenvalue weighted by Crippen LogP contribution is -2.06. The molecule has 0 saturated carbocycles. The molecule has 0 aliphatic heterocycles. The number of ether oxygens (including phenoxy) is 1. The topological polar surface area (TPSA) is 68.4 Å². The van der Waals surface area contributed by atoms with E-state index in [1.165, 1.54) is 22.5 Å². The Morgan fingerprint density at radius 2 is 1.55 bits per heavy atom. The maximum atomic E-state index is 9.48. The Morgan fingerprint density at radius 3 is 2.10 bits per heavy atom. The normalized spacial score (nSPS) is 11.9. The molecule has 4 nitrogen and oxygen atoms in total. The van der Waals surface area contributed by atoms with Crippen LogP contribution < -0.4 is 10.5 Å². The fourth-order valence-electron chi connectivity index (χ4n) is 3.41. The minimum atomic E-state index is 0.119. The molecule has 3 N–H and O–H groups in total. The molecule has 1 aromatic heterocycles. The first-order valence-electron chi connectivity index (χ1n) is 9.35. The van der Waals surface area contributed by atoms with Crippen LogP contribution in [-0.2, 0) is 6.42 Å². The lowest BCUT2D eigenvalue weighted by atomic mass is 9.89. The molecule has 0 bridgehead atoms. The minimum absolute atomic E-state index is 0.119. The van der Waals surface area contributed by atoms with Crippen LogP contribution in [0.1, 0.15) is 22.7 Å². The number of nitrogens with zero attached hydrogens (tertiary/aromatic N) is 1. The molecule has 29 heavy (non-hydrogen) atoms. The van der Waals surface area contributed by atoms with Crippen LogP contribution in [0.3, 0.4) is 0 Å². The van der Waals surface area contributed by atoms with Gasteiger partial charge in [0.1, 0.15) is 11.5 Å². The highest BCUT2D eigenvalue weighted by molar-refractivity contribution is 7.13. The van der Waals surface area contributed by atoms with E-state index in [-0.39, 0.29) is 11.7 Å². The average Bonchev–Trinajstić information content (AvgIpc) is 3.19. The third kappa shape index (κ3) is 4.41. The number of hydrogen-bond donors (Lipinski definition) is 2. The number of nitrogen functional groups attached to an aromatic ring is 1.